The molecule has 7 heteroatoms. The van der Waals surface area contributed by atoms with Crippen molar-refractivity contribution in [1.29, 1.82) is 5.26 Å². The second kappa shape index (κ2) is 5.04. The molecule has 1 aromatic rings. The van der Waals surface area contributed by atoms with Crippen molar-refractivity contribution in [2.45, 2.75) is 13.0 Å². The lowest BCUT2D eigenvalue weighted by molar-refractivity contribution is -0.385. The first-order chi connectivity index (χ1) is 7.54. The van der Waals surface area contributed by atoms with Crippen LogP contribution in [-0.2, 0) is 0 Å². The molecular weight excluding hydrogens is 210 g/mol. The SMILES string of the molecule is CC(N)CNc1ccc([N+](=O)[O-])c(C#N)n1. The lowest BCUT2D eigenvalue weighted by atomic mass is 10.3. The third-order valence-corrected chi connectivity index (χ3v) is 1.78. The van der Waals surface area contributed by atoms with Crippen molar-refractivity contribution in [3.63, 3.8) is 0 Å². The van der Waals surface area contributed by atoms with E-state index in [9.17, 15) is 10.1 Å². The lowest BCUT2D eigenvalue weighted by Crippen LogP contribution is -2.25. The summed E-state index contributed by atoms with van der Waals surface area (Å²) in [7, 11) is 0. The lowest BCUT2D eigenvalue weighted by Gasteiger charge is -2.07. The molecule has 1 heterocycles. The van der Waals surface area contributed by atoms with Gasteiger partial charge in [0.05, 0.1) is 4.92 Å². The largest absolute Gasteiger partial charge is 0.368 e. The van der Waals surface area contributed by atoms with Crippen LogP contribution in [0.15, 0.2) is 12.1 Å². The maximum absolute atomic E-state index is 10.5. The van der Waals surface area contributed by atoms with Crippen molar-refractivity contribution in [2.75, 3.05) is 11.9 Å². The van der Waals surface area contributed by atoms with E-state index in [-0.39, 0.29) is 17.4 Å². The topological polar surface area (TPSA) is 118 Å². The van der Waals surface area contributed by atoms with E-state index in [1.165, 1.54) is 12.1 Å². The van der Waals surface area contributed by atoms with Crippen molar-refractivity contribution in [1.82, 2.24) is 4.98 Å². The van der Waals surface area contributed by atoms with Crippen LogP contribution in [-0.4, -0.2) is 22.5 Å². The number of nitrogens with one attached hydrogen (secondary N) is 1. The maximum Gasteiger partial charge on any atom is 0.305 e. The molecule has 0 amide bonds. The van der Waals surface area contributed by atoms with Gasteiger partial charge in [-0.25, -0.2) is 4.98 Å². The van der Waals surface area contributed by atoms with E-state index in [2.05, 4.69) is 10.3 Å². The highest BCUT2D eigenvalue weighted by molar-refractivity contribution is 5.50. The smallest absolute Gasteiger partial charge is 0.305 e. The predicted octanol–water partition coefficient (Wildman–Crippen LogP) is 0.621. The number of hydrogen-bond donors (Lipinski definition) is 2. The van der Waals surface area contributed by atoms with Crippen molar-refractivity contribution in [3.05, 3.63) is 27.9 Å². The van der Waals surface area contributed by atoms with E-state index in [1.54, 1.807) is 6.07 Å². The third-order valence-electron chi connectivity index (χ3n) is 1.78. The Hall–Kier alpha value is -2.20. The summed E-state index contributed by atoms with van der Waals surface area (Å²) in [4.78, 5) is 13.7. The molecule has 0 bridgehead atoms. The standard InChI is InChI=1S/C9H11N5O2/c1-6(11)5-12-9-3-2-8(14(15)16)7(4-10)13-9/h2-3,6H,5,11H2,1H3,(H,12,13). The molecule has 7 nitrogen and oxygen atoms in total. The van der Waals surface area contributed by atoms with Gasteiger partial charge in [-0.1, -0.05) is 0 Å². The summed E-state index contributed by atoms with van der Waals surface area (Å²) in [6.45, 7) is 2.29. The van der Waals surface area contributed by atoms with Crippen molar-refractivity contribution < 1.29 is 4.92 Å². The minimum absolute atomic E-state index is 0.0671. The second-order valence-corrected chi connectivity index (χ2v) is 3.29. The molecule has 84 valence electrons. The van der Waals surface area contributed by atoms with Gasteiger partial charge in [0.15, 0.2) is 0 Å². The molecule has 0 saturated carbocycles. The minimum Gasteiger partial charge on any atom is -0.368 e. The first kappa shape index (κ1) is 11.9. The molecule has 1 rings (SSSR count). The number of nitrogens with zero attached hydrogens (tertiary/aromatic N) is 3. The summed E-state index contributed by atoms with van der Waals surface area (Å²) in [5.41, 5.74) is 5.02. The zero-order chi connectivity index (χ0) is 12.1. The average molecular weight is 221 g/mol. The molecule has 1 unspecified atom stereocenters. The monoisotopic (exact) mass is 221 g/mol. The Bertz CT molecular complexity index is 438. The first-order valence-electron chi connectivity index (χ1n) is 4.59. The Labute approximate surface area is 92.0 Å². The number of aromatic nitrogens is 1. The highest BCUT2D eigenvalue weighted by Gasteiger charge is 2.15. The fourth-order valence-corrected chi connectivity index (χ4v) is 1.05. The molecule has 0 fully saturated rings. The summed E-state index contributed by atoms with van der Waals surface area (Å²) in [6, 6.07) is 4.30. The summed E-state index contributed by atoms with van der Waals surface area (Å²) in [5, 5.41) is 22.1. The third kappa shape index (κ3) is 2.90. The number of anilines is 1. The van der Waals surface area contributed by atoms with Crippen LogP contribution in [0.1, 0.15) is 12.6 Å². The molecule has 3 N–H and O–H groups in total. The molecule has 0 aliphatic carbocycles. The number of nitrogens with two attached hydrogens (primary N) is 1. The Kier molecular flexibility index (Phi) is 3.74. The van der Waals surface area contributed by atoms with Crippen molar-refractivity contribution in [3.8, 4) is 6.07 Å². The van der Waals surface area contributed by atoms with Gasteiger partial charge in [0.25, 0.3) is 0 Å². The predicted molar refractivity (Wildman–Crippen MR) is 57.7 cm³/mol. The maximum atomic E-state index is 10.5. The number of pyridine rings is 1. The molecule has 0 spiro atoms. The summed E-state index contributed by atoms with van der Waals surface area (Å²) in [6.07, 6.45) is 0. The molecule has 0 saturated heterocycles. The molecule has 1 atom stereocenters. The van der Waals surface area contributed by atoms with Gasteiger partial charge >= 0.3 is 5.69 Å². The summed E-state index contributed by atoms with van der Waals surface area (Å²) < 4.78 is 0. The van der Waals surface area contributed by atoms with E-state index in [0.29, 0.717) is 12.4 Å². The Balaban J connectivity index is 2.92. The van der Waals surface area contributed by atoms with Crippen LogP contribution in [0, 0.1) is 21.4 Å². The molecular formula is C9H11N5O2. The molecule has 16 heavy (non-hydrogen) atoms. The van der Waals surface area contributed by atoms with E-state index in [0.717, 1.165) is 0 Å². The van der Waals surface area contributed by atoms with Gasteiger partial charge in [0.2, 0.25) is 5.69 Å². The molecule has 0 aliphatic heterocycles. The Morgan fingerprint density at radius 3 is 2.94 bits per heavy atom. The number of nitriles is 1. The van der Waals surface area contributed by atoms with Gasteiger partial charge in [-0.3, -0.25) is 10.1 Å². The number of rotatable bonds is 4. The summed E-state index contributed by atoms with van der Waals surface area (Å²) >= 11 is 0. The van der Waals surface area contributed by atoms with Crippen molar-refractivity contribution >= 4 is 11.5 Å². The van der Waals surface area contributed by atoms with E-state index in [4.69, 9.17) is 11.0 Å². The zero-order valence-corrected chi connectivity index (χ0v) is 8.67. The van der Waals surface area contributed by atoms with Crippen molar-refractivity contribution in [2.24, 2.45) is 5.73 Å². The van der Waals surface area contributed by atoms with Crippen LogP contribution in [0.5, 0.6) is 0 Å². The molecule has 1 aromatic heterocycles. The van der Waals surface area contributed by atoms with Crippen LogP contribution in [0.2, 0.25) is 0 Å². The average Bonchev–Trinajstić information content (AvgIpc) is 2.25. The van der Waals surface area contributed by atoms with Crippen LogP contribution in [0.25, 0.3) is 0 Å². The molecule has 0 radical (unpaired) electrons. The van der Waals surface area contributed by atoms with Gasteiger partial charge in [-0.05, 0) is 13.0 Å². The van der Waals surface area contributed by atoms with Crippen LogP contribution in [0.3, 0.4) is 0 Å². The highest BCUT2D eigenvalue weighted by atomic mass is 16.6. The molecule has 0 aliphatic rings. The fraction of sp³-hybridized carbons (Fsp3) is 0.333. The van der Waals surface area contributed by atoms with Gasteiger partial charge < -0.3 is 11.1 Å². The van der Waals surface area contributed by atoms with Crippen LogP contribution in [0.4, 0.5) is 11.5 Å². The minimum atomic E-state index is -0.638. The quantitative estimate of drug-likeness (QED) is 0.568. The Morgan fingerprint density at radius 1 is 1.75 bits per heavy atom. The fourth-order valence-electron chi connectivity index (χ4n) is 1.05. The molecule has 0 aromatic carbocycles. The van der Waals surface area contributed by atoms with Crippen LogP contribution < -0.4 is 11.1 Å². The first-order valence-corrected chi connectivity index (χ1v) is 4.59. The van der Waals surface area contributed by atoms with Gasteiger partial charge in [0, 0.05) is 18.7 Å². The van der Waals surface area contributed by atoms with Gasteiger partial charge in [-0.2, -0.15) is 5.26 Å². The van der Waals surface area contributed by atoms with E-state index < -0.39 is 4.92 Å². The highest BCUT2D eigenvalue weighted by Crippen LogP contribution is 2.17. The number of hydrogen-bond acceptors (Lipinski definition) is 6. The van der Waals surface area contributed by atoms with Crippen LogP contribution >= 0.6 is 0 Å². The van der Waals surface area contributed by atoms with E-state index >= 15 is 0 Å². The van der Waals surface area contributed by atoms with Gasteiger partial charge in [-0.15, -0.1) is 0 Å². The normalized spacial score (nSPS) is 11.6. The van der Waals surface area contributed by atoms with E-state index in [1.807, 2.05) is 6.92 Å². The van der Waals surface area contributed by atoms with Gasteiger partial charge in [0.1, 0.15) is 11.9 Å². The Morgan fingerprint density at radius 2 is 2.44 bits per heavy atom. The summed E-state index contributed by atoms with van der Waals surface area (Å²) in [5.74, 6) is 0.402. The number of nitro groups is 1. The second-order valence-electron chi connectivity index (χ2n) is 3.29. The zero-order valence-electron chi connectivity index (χ0n) is 8.67.